The summed E-state index contributed by atoms with van der Waals surface area (Å²) in [5, 5.41) is 3.97. The summed E-state index contributed by atoms with van der Waals surface area (Å²) < 4.78 is 61.5. The summed E-state index contributed by atoms with van der Waals surface area (Å²) >= 11 is 0. The van der Waals surface area contributed by atoms with E-state index >= 15 is 0 Å². The van der Waals surface area contributed by atoms with E-state index in [-0.39, 0.29) is 22.6 Å². The molecule has 1 fully saturated rings. The molecule has 4 aromatic rings. The Morgan fingerprint density at radius 2 is 1.90 bits per heavy atom. The monoisotopic (exact) mass is 583 g/mol. The Labute approximate surface area is 237 Å². The Bertz CT molecular complexity index is 1690. The van der Waals surface area contributed by atoms with Crippen LogP contribution in [0.15, 0.2) is 47.5 Å². The van der Waals surface area contributed by atoms with Crippen LogP contribution in [0.4, 0.5) is 20.4 Å². The van der Waals surface area contributed by atoms with Crippen molar-refractivity contribution in [2.24, 2.45) is 0 Å². The fourth-order valence-electron chi connectivity index (χ4n) is 4.64. The van der Waals surface area contributed by atoms with Crippen molar-refractivity contribution in [3.05, 3.63) is 59.9 Å². The lowest BCUT2D eigenvalue weighted by Gasteiger charge is -2.24. The summed E-state index contributed by atoms with van der Waals surface area (Å²) in [5.74, 6) is 3.15. The molecule has 0 amide bonds. The third-order valence-electron chi connectivity index (χ3n) is 6.65. The molecule has 1 atom stereocenters. The normalized spacial score (nSPS) is 15.3. The van der Waals surface area contributed by atoms with Crippen LogP contribution in [0.2, 0.25) is 0 Å². The Morgan fingerprint density at radius 3 is 2.61 bits per heavy atom. The van der Waals surface area contributed by atoms with Crippen LogP contribution in [0.25, 0.3) is 22.0 Å². The molecule has 2 aromatic carbocycles. The van der Waals surface area contributed by atoms with Crippen LogP contribution < -0.4 is 19.5 Å². The predicted octanol–water partition coefficient (Wildman–Crippen LogP) is 5.38. The maximum absolute atomic E-state index is 14.5. The first kappa shape index (κ1) is 28.5. The first-order valence-electron chi connectivity index (χ1n) is 13.1. The molecular weight excluding hydrogens is 552 g/mol. The van der Waals surface area contributed by atoms with Crippen LogP contribution >= 0.6 is 0 Å². The molecule has 1 saturated heterocycles. The van der Waals surface area contributed by atoms with E-state index in [1.165, 1.54) is 7.11 Å². The van der Waals surface area contributed by atoms with Gasteiger partial charge in [0.1, 0.15) is 34.7 Å². The van der Waals surface area contributed by atoms with Crippen molar-refractivity contribution >= 4 is 38.1 Å². The van der Waals surface area contributed by atoms with Crippen molar-refractivity contribution < 1.29 is 27.2 Å². The zero-order valence-corrected chi connectivity index (χ0v) is 23.8. The minimum atomic E-state index is -3.45. The van der Waals surface area contributed by atoms with Gasteiger partial charge in [-0.25, -0.2) is 27.9 Å². The quantitative estimate of drug-likeness (QED) is 0.253. The lowest BCUT2D eigenvalue weighted by Crippen LogP contribution is -2.26. The fraction of sp³-hybridized carbons (Fsp3) is 0.310. The number of hydrogen-bond acceptors (Lipinski definition) is 8. The summed E-state index contributed by atoms with van der Waals surface area (Å²) in [5.41, 5.74) is 3.03. The molecule has 0 aliphatic carbocycles. The van der Waals surface area contributed by atoms with Gasteiger partial charge in [-0.15, -0.1) is 0 Å². The van der Waals surface area contributed by atoms with Gasteiger partial charge in [0, 0.05) is 42.6 Å². The molecule has 41 heavy (non-hydrogen) atoms. The zero-order chi connectivity index (χ0) is 29.1. The van der Waals surface area contributed by atoms with Crippen LogP contribution in [0.1, 0.15) is 25.5 Å². The first-order chi connectivity index (χ1) is 19.7. The van der Waals surface area contributed by atoms with Gasteiger partial charge in [0.2, 0.25) is 11.8 Å². The van der Waals surface area contributed by atoms with E-state index < -0.39 is 21.3 Å². The standard InChI is InChI=1S/C29H31F2N5O4S/c1-5-32-29-34-17(2)22-12-18(14-25(27(22)35-29)40-21-8-10-39-11-9-21)19-13-24(28(38-3)33-16-19)36-41(4,37)26-7-6-20(30)15-23(26)31/h6-7,12-16,21H,4-5,8-11H2,1-3H3,(H,36,37)(H,32,34,35). The van der Waals surface area contributed by atoms with Gasteiger partial charge in [-0.3, -0.25) is 0 Å². The molecular formula is C29H31F2N5O4S. The average Bonchev–Trinajstić information content (AvgIpc) is 2.93. The maximum Gasteiger partial charge on any atom is 0.238 e. The molecule has 2 N–H and O–H groups in total. The number of ether oxygens (including phenoxy) is 3. The van der Waals surface area contributed by atoms with E-state index in [2.05, 4.69) is 25.9 Å². The number of aryl methyl sites for hydroxylation is 1. The number of benzene rings is 2. The maximum atomic E-state index is 14.5. The smallest absolute Gasteiger partial charge is 0.238 e. The number of pyridine rings is 1. The van der Waals surface area contributed by atoms with Gasteiger partial charge in [0.05, 0.1) is 40.6 Å². The van der Waals surface area contributed by atoms with Gasteiger partial charge in [0.25, 0.3) is 0 Å². The topological polar surface area (TPSA) is 107 Å². The number of hydrogen-bond donors (Lipinski definition) is 2. The van der Waals surface area contributed by atoms with Crippen LogP contribution in [0, 0.1) is 18.6 Å². The van der Waals surface area contributed by atoms with Crippen LogP contribution in [-0.2, 0) is 14.4 Å². The van der Waals surface area contributed by atoms with Gasteiger partial charge in [-0.1, -0.05) is 0 Å². The van der Waals surface area contributed by atoms with Gasteiger partial charge < -0.3 is 24.2 Å². The van der Waals surface area contributed by atoms with Crippen molar-refractivity contribution in [1.29, 1.82) is 0 Å². The van der Waals surface area contributed by atoms with Crippen LogP contribution in [0.3, 0.4) is 0 Å². The molecule has 1 unspecified atom stereocenters. The summed E-state index contributed by atoms with van der Waals surface area (Å²) in [4.78, 5) is 13.4. The highest BCUT2D eigenvalue weighted by molar-refractivity contribution is 8.01. The largest absolute Gasteiger partial charge is 0.488 e. The summed E-state index contributed by atoms with van der Waals surface area (Å²) in [7, 11) is -2.03. The lowest BCUT2D eigenvalue weighted by atomic mass is 10.0. The Hall–Kier alpha value is -4.03. The SMILES string of the molecule is C=S(=O)(Nc1cc(-c2cc(OC3CCOCC3)c3nc(NCC)nc(C)c3c2)cnc1OC)c1ccc(F)cc1F. The molecule has 216 valence electrons. The molecule has 2 aromatic heterocycles. The second kappa shape index (κ2) is 11.8. The minimum absolute atomic E-state index is 0.0345. The summed E-state index contributed by atoms with van der Waals surface area (Å²) in [6.07, 6.45) is 3.08. The van der Waals surface area contributed by atoms with Crippen molar-refractivity contribution in [3.63, 3.8) is 0 Å². The van der Waals surface area contributed by atoms with E-state index in [1.807, 2.05) is 26.0 Å². The molecule has 3 heterocycles. The third-order valence-corrected chi connectivity index (χ3v) is 8.25. The number of fused-ring (bicyclic) bond motifs is 1. The molecule has 1 aliphatic heterocycles. The van der Waals surface area contributed by atoms with E-state index in [0.717, 1.165) is 41.6 Å². The van der Waals surface area contributed by atoms with Gasteiger partial charge in [-0.2, -0.15) is 0 Å². The highest BCUT2D eigenvalue weighted by atomic mass is 32.2. The Kier molecular flexibility index (Phi) is 8.22. The Balaban J connectivity index is 1.59. The van der Waals surface area contributed by atoms with Crippen molar-refractivity contribution in [3.8, 4) is 22.8 Å². The number of rotatable bonds is 9. The van der Waals surface area contributed by atoms with Gasteiger partial charge >= 0.3 is 0 Å². The summed E-state index contributed by atoms with van der Waals surface area (Å²) in [6, 6.07) is 8.29. The number of halogens is 2. The summed E-state index contributed by atoms with van der Waals surface area (Å²) in [6.45, 7) is 5.79. The van der Waals surface area contributed by atoms with E-state index in [9.17, 15) is 13.0 Å². The molecule has 0 radical (unpaired) electrons. The fourth-order valence-corrected chi connectivity index (χ4v) is 5.91. The number of anilines is 2. The third kappa shape index (κ3) is 6.18. The van der Waals surface area contributed by atoms with Crippen molar-refractivity contribution in [1.82, 2.24) is 15.0 Å². The molecule has 5 rings (SSSR count). The number of nitrogens with zero attached hydrogens (tertiary/aromatic N) is 3. The molecule has 0 spiro atoms. The molecule has 12 heteroatoms. The number of nitrogens with one attached hydrogen (secondary N) is 2. The minimum Gasteiger partial charge on any atom is -0.488 e. The van der Waals surface area contributed by atoms with Crippen molar-refractivity contribution in [2.45, 2.75) is 37.7 Å². The number of methoxy groups -OCH3 is 1. The molecule has 9 nitrogen and oxygen atoms in total. The molecule has 0 saturated carbocycles. The van der Waals surface area contributed by atoms with Crippen LogP contribution in [0.5, 0.6) is 11.6 Å². The second-order valence-electron chi connectivity index (χ2n) is 9.60. The van der Waals surface area contributed by atoms with E-state index in [4.69, 9.17) is 19.2 Å². The lowest BCUT2D eigenvalue weighted by molar-refractivity contribution is 0.0261. The van der Waals surface area contributed by atoms with Gasteiger partial charge in [-0.05, 0) is 55.6 Å². The molecule has 0 bridgehead atoms. The van der Waals surface area contributed by atoms with Crippen molar-refractivity contribution in [2.75, 3.05) is 36.9 Å². The highest BCUT2D eigenvalue weighted by Crippen LogP contribution is 2.37. The zero-order valence-electron chi connectivity index (χ0n) is 23.0. The molecule has 1 aliphatic rings. The first-order valence-corrected chi connectivity index (χ1v) is 14.9. The predicted molar refractivity (Wildman–Crippen MR) is 156 cm³/mol. The van der Waals surface area contributed by atoms with E-state index in [0.29, 0.717) is 48.6 Å². The van der Waals surface area contributed by atoms with Crippen LogP contribution in [-0.4, -0.2) is 58.0 Å². The van der Waals surface area contributed by atoms with E-state index in [1.54, 1.807) is 12.3 Å². The second-order valence-corrected chi connectivity index (χ2v) is 11.6. The number of aromatic nitrogens is 3. The highest BCUT2D eigenvalue weighted by Gasteiger charge is 2.21. The average molecular weight is 584 g/mol. The van der Waals surface area contributed by atoms with Gasteiger partial charge in [0.15, 0.2) is 0 Å². The Morgan fingerprint density at radius 1 is 1.12 bits per heavy atom.